The Hall–Kier alpha value is -2.76. The Kier molecular flexibility index (Phi) is 6.44. The van der Waals surface area contributed by atoms with Gasteiger partial charge in [0, 0.05) is 48.3 Å². The third-order valence-corrected chi connectivity index (χ3v) is 3.63. The number of hydrazone groups is 1. The van der Waals surface area contributed by atoms with E-state index in [0.717, 1.165) is 35.4 Å². The van der Waals surface area contributed by atoms with Gasteiger partial charge in [0.15, 0.2) is 0 Å². The molecule has 0 spiro atoms. The van der Waals surface area contributed by atoms with Crippen molar-refractivity contribution in [1.82, 2.24) is 15.0 Å². The molecule has 6 heteroatoms. The lowest BCUT2D eigenvalue weighted by molar-refractivity contribution is 0.626. The first kappa shape index (κ1) is 19.6. The monoisotopic (exact) mass is 352 g/mol. The molecule has 0 bridgehead atoms. The zero-order chi connectivity index (χ0) is 19.2. The van der Waals surface area contributed by atoms with Crippen molar-refractivity contribution in [2.45, 2.75) is 53.0 Å². The summed E-state index contributed by atoms with van der Waals surface area (Å²) in [6.45, 7) is 14.0. The highest BCUT2D eigenvalue weighted by atomic mass is 15.4. The van der Waals surface area contributed by atoms with Crippen LogP contribution in [0.15, 0.2) is 42.0 Å². The summed E-state index contributed by atoms with van der Waals surface area (Å²) in [5.74, 6) is 0.617. The molecule has 0 fully saturated rings. The van der Waals surface area contributed by atoms with Crippen molar-refractivity contribution in [3.8, 4) is 0 Å². The first-order valence-corrected chi connectivity index (χ1v) is 8.82. The predicted molar refractivity (Wildman–Crippen MR) is 109 cm³/mol. The smallest absolute Gasteiger partial charge is 0.223 e. The largest absolute Gasteiger partial charge is 0.350 e. The van der Waals surface area contributed by atoms with Crippen LogP contribution in [0.2, 0.25) is 0 Å². The van der Waals surface area contributed by atoms with E-state index < -0.39 is 0 Å². The molecule has 2 rings (SSSR count). The summed E-state index contributed by atoms with van der Waals surface area (Å²) >= 11 is 0. The molecular weight excluding hydrogens is 324 g/mol. The Balaban J connectivity index is 2.20. The second-order valence-electron chi connectivity index (χ2n) is 7.22. The van der Waals surface area contributed by atoms with Crippen LogP contribution >= 0.6 is 0 Å². The van der Waals surface area contributed by atoms with E-state index in [1.54, 1.807) is 11.2 Å². The third-order valence-electron chi connectivity index (χ3n) is 3.63. The average Bonchev–Trinajstić information content (AvgIpc) is 2.59. The second kappa shape index (κ2) is 8.56. The normalized spacial score (nSPS) is 12.0. The van der Waals surface area contributed by atoms with Crippen LogP contribution in [-0.4, -0.2) is 27.2 Å². The standard InChI is InChI=1S/C20H28N6/c1-7-8-17-11-18(9-10-22-17)26(21-6)14-15(2)16-12-23-19(24-13-16)25-20(3,4)5/h9-14H,6-8H2,1-5H3,(H,23,24,25)/b15-14+. The molecule has 0 aliphatic carbocycles. The van der Waals surface area contributed by atoms with Crippen LogP contribution in [0.1, 0.15) is 52.3 Å². The zero-order valence-corrected chi connectivity index (χ0v) is 16.3. The zero-order valence-electron chi connectivity index (χ0n) is 16.3. The van der Waals surface area contributed by atoms with Crippen LogP contribution in [0.3, 0.4) is 0 Å². The minimum atomic E-state index is -0.0759. The SMILES string of the molecule is C=NN(/C=C(\C)c1cnc(NC(C)(C)C)nc1)c1ccnc(CCC)c1. The molecule has 0 aliphatic rings. The fourth-order valence-electron chi connectivity index (χ4n) is 2.39. The van der Waals surface area contributed by atoms with E-state index >= 15 is 0 Å². The lowest BCUT2D eigenvalue weighted by atomic mass is 10.1. The minimum absolute atomic E-state index is 0.0759. The van der Waals surface area contributed by atoms with Gasteiger partial charge in [0.2, 0.25) is 5.95 Å². The molecule has 0 amide bonds. The molecule has 2 aromatic rings. The first-order valence-electron chi connectivity index (χ1n) is 8.82. The van der Waals surface area contributed by atoms with Crippen molar-refractivity contribution >= 4 is 23.9 Å². The van der Waals surface area contributed by atoms with Crippen molar-refractivity contribution in [1.29, 1.82) is 0 Å². The number of aryl methyl sites for hydroxylation is 1. The Morgan fingerprint density at radius 2 is 1.96 bits per heavy atom. The highest BCUT2D eigenvalue weighted by Crippen LogP contribution is 2.21. The van der Waals surface area contributed by atoms with Gasteiger partial charge in [-0.2, -0.15) is 5.10 Å². The maximum Gasteiger partial charge on any atom is 0.223 e. The van der Waals surface area contributed by atoms with Gasteiger partial charge in [0.05, 0.1) is 5.69 Å². The highest BCUT2D eigenvalue weighted by molar-refractivity contribution is 5.67. The quantitative estimate of drug-likeness (QED) is 0.586. The van der Waals surface area contributed by atoms with Gasteiger partial charge in [0.25, 0.3) is 0 Å². The maximum atomic E-state index is 4.39. The lowest BCUT2D eigenvalue weighted by Gasteiger charge is -2.20. The molecule has 0 saturated heterocycles. The van der Waals surface area contributed by atoms with E-state index in [-0.39, 0.29) is 5.54 Å². The number of pyridine rings is 1. The highest BCUT2D eigenvalue weighted by Gasteiger charge is 2.11. The van der Waals surface area contributed by atoms with Crippen molar-refractivity contribution in [3.05, 3.63) is 48.2 Å². The van der Waals surface area contributed by atoms with Crippen molar-refractivity contribution in [2.75, 3.05) is 10.3 Å². The second-order valence-corrected chi connectivity index (χ2v) is 7.22. The summed E-state index contributed by atoms with van der Waals surface area (Å²) in [5, 5.41) is 9.12. The molecule has 2 heterocycles. The minimum Gasteiger partial charge on any atom is -0.350 e. The van der Waals surface area contributed by atoms with E-state index in [0.29, 0.717) is 5.95 Å². The van der Waals surface area contributed by atoms with Crippen LogP contribution in [0.5, 0.6) is 0 Å². The number of hydrogen-bond donors (Lipinski definition) is 1. The topological polar surface area (TPSA) is 66.3 Å². The van der Waals surface area contributed by atoms with E-state index in [2.05, 4.69) is 59.8 Å². The molecular formula is C20H28N6. The van der Waals surface area contributed by atoms with Crippen LogP contribution in [0.25, 0.3) is 5.57 Å². The van der Waals surface area contributed by atoms with Gasteiger partial charge in [-0.05, 0) is 51.8 Å². The Morgan fingerprint density at radius 1 is 1.27 bits per heavy atom. The summed E-state index contributed by atoms with van der Waals surface area (Å²) in [7, 11) is 0. The molecule has 0 unspecified atom stereocenters. The van der Waals surface area contributed by atoms with E-state index in [9.17, 15) is 0 Å². The molecule has 0 atom stereocenters. The van der Waals surface area contributed by atoms with Gasteiger partial charge in [-0.15, -0.1) is 0 Å². The summed E-state index contributed by atoms with van der Waals surface area (Å²) in [6.07, 6.45) is 9.34. The fraction of sp³-hybridized carbons (Fsp3) is 0.400. The number of nitrogens with zero attached hydrogens (tertiary/aromatic N) is 5. The molecule has 6 nitrogen and oxygen atoms in total. The number of nitrogens with one attached hydrogen (secondary N) is 1. The predicted octanol–water partition coefficient (Wildman–Crippen LogP) is 4.52. The number of hydrogen-bond acceptors (Lipinski definition) is 6. The number of anilines is 2. The molecule has 26 heavy (non-hydrogen) atoms. The number of aromatic nitrogens is 3. The number of allylic oxidation sites excluding steroid dienone is 1. The van der Waals surface area contributed by atoms with Gasteiger partial charge in [-0.25, -0.2) is 15.0 Å². The lowest BCUT2D eigenvalue weighted by Crippen LogP contribution is -2.27. The Bertz CT molecular complexity index is 759. The summed E-state index contributed by atoms with van der Waals surface area (Å²) in [5.41, 5.74) is 3.83. The van der Waals surface area contributed by atoms with Gasteiger partial charge < -0.3 is 5.32 Å². The fourth-order valence-corrected chi connectivity index (χ4v) is 2.39. The number of rotatable bonds is 7. The summed E-state index contributed by atoms with van der Waals surface area (Å²) < 4.78 is 0. The molecule has 138 valence electrons. The average molecular weight is 352 g/mol. The van der Waals surface area contributed by atoms with Crippen molar-refractivity contribution < 1.29 is 0 Å². The summed E-state index contributed by atoms with van der Waals surface area (Å²) in [6, 6.07) is 3.96. The van der Waals surface area contributed by atoms with Gasteiger partial charge >= 0.3 is 0 Å². The van der Waals surface area contributed by atoms with E-state index in [1.807, 2.05) is 37.7 Å². The van der Waals surface area contributed by atoms with Crippen molar-refractivity contribution in [2.24, 2.45) is 5.10 Å². The van der Waals surface area contributed by atoms with E-state index in [4.69, 9.17) is 0 Å². The summed E-state index contributed by atoms with van der Waals surface area (Å²) in [4.78, 5) is 13.2. The molecule has 0 aliphatic heterocycles. The molecule has 0 aromatic carbocycles. The van der Waals surface area contributed by atoms with Gasteiger partial charge in [0.1, 0.15) is 0 Å². The van der Waals surface area contributed by atoms with Crippen LogP contribution in [0.4, 0.5) is 11.6 Å². The van der Waals surface area contributed by atoms with Crippen LogP contribution in [0, 0.1) is 0 Å². The Morgan fingerprint density at radius 3 is 2.54 bits per heavy atom. The van der Waals surface area contributed by atoms with Crippen LogP contribution in [-0.2, 0) is 6.42 Å². The first-order chi connectivity index (χ1) is 12.3. The third kappa shape index (κ3) is 5.65. The van der Waals surface area contributed by atoms with Crippen molar-refractivity contribution in [3.63, 3.8) is 0 Å². The molecule has 0 radical (unpaired) electrons. The van der Waals surface area contributed by atoms with Gasteiger partial charge in [-0.1, -0.05) is 13.3 Å². The molecule has 0 saturated carbocycles. The van der Waals surface area contributed by atoms with Crippen LogP contribution < -0.4 is 10.3 Å². The molecule has 2 aromatic heterocycles. The Labute approximate surface area is 156 Å². The molecule has 1 N–H and O–H groups in total. The maximum absolute atomic E-state index is 4.39. The van der Waals surface area contributed by atoms with E-state index in [1.165, 1.54) is 0 Å². The van der Waals surface area contributed by atoms with Gasteiger partial charge in [-0.3, -0.25) is 4.98 Å².